The van der Waals surface area contributed by atoms with Gasteiger partial charge in [0.2, 0.25) is 0 Å². The van der Waals surface area contributed by atoms with Gasteiger partial charge in [0, 0.05) is 12.7 Å². The molecule has 0 aromatic carbocycles. The molecule has 0 N–H and O–H groups in total. The van der Waals surface area contributed by atoms with E-state index >= 15 is 0 Å². The number of aromatic nitrogens is 1. The lowest BCUT2D eigenvalue weighted by molar-refractivity contribution is 0.109. The van der Waals surface area contributed by atoms with Crippen molar-refractivity contribution in [1.29, 1.82) is 0 Å². The third-order valence-corrected chi connectivity index (χ3v) is 4.32. The van der Waals surface area contributed by atoms with Gasteiger partial charge in [0.05, 0.1) is 0 Å². The quantitative estimate of drug-likeness (QED) is 0.762. The topological polar surface area (TPSA) is 16.1 Å². The summed E-state index contributed by atoms with van der Waals surface area (Å²) in [6.45, 7) is 8.11. The molecule has 2 rings (SSSR count). The van der Waals surface area contributed by atoms with Crippen LogP contribution in [0, 0.1) is 5.41 Å². The van der Waals surface area contributed by atoms with E-state index in [1.807, 2.05) is 6.07 Å². The third-order valence-electron chi connectivity index (χ3n) is 4.11. The van der Waals surface area contributed by atoms with Crippen molar-refractivity contribution in [3.8, 4) is 0 Å². The molecule has 0 atom stereocenters. The molecule has 0 aliphatic carbocycles. The van der Waals surface area contributed by atoms with Crippen LogP contribution in [-0.4, -0.2) is 23.0 Å². The van der Waals surface area contributed by atoms with E-state index in [4.69, 9.17) is 11.6 Å². The molecule has 0 radical (unpaired) electrons. The molecule has 1 aliphatic rings. The maximum absolute atomic E-state index is 5.90. The minimum Gasteiger partial charge on any atom is -0.299 e. The zero-order valence-corrected chi connectivity index (χ0v) is 11.5. The molecule has 2 nitrogen and oxygen atoms in total. The molecule has 3 heteroatoms. The lowest BCUT2D eigenvalue weighted by Gasteiger charge is -2.38. The Morgan fingerprint density at radius 2 is 2.12 bits per heavy atom. The maximum atomic E-state index is 5.90. The first kappa shape index (κ1) is 12.8. The fraction of sp³-hybridized carbons (Fsp3) is 0.643. The molecule has 0 spiro atoms. The Hall–Kier alpha value is -0.600. The van der Waals surface area contributed by atoms with Gasteiger partial charge in [-0.05, 0) is 49.0 Å². The van der Waals surface area contributed by atoms with Crippen molar-refractivity contribution in [3.05, 3.63) is 29.0 Å². The van der Waals surface area contributed by atoms with Gasteiger partial charge < -0.3 is 0 Å². The van der Waals surface area contributed by atoms with E-state index in [0.717, 1.165) is 6.54 Å². The summed E-state index contributed by atoms with van der Waals surface area (Å²) in [5, 5.41) is 0.595. The first-order chi connectivity index (χ1) is 8.11. The first-order valence-electron chi connectivity index (χ1n) is 6.44. The Kier molecular flexibility index (Phi) is 4.05. The van der Waals surface area contributed by atoms with Gasteiger partial charge >= 0.3 is 0 Å². The molecular formula is C14H21ClN2. The van der Waals surface area contributed by atoms with E-state index in [0.29, 0.717) is 10.6 Å². The monoisotopic (exact) mass is 252 g/mol. The second-order valence-electron chi connectivity index (χ2n) is 5.43. The van der Waals surface area contributed by atoms with Gasteiger partial charge in [0.15, 0.2) is 0 Å². The summed E-state index contributed by atoms with van der Waals surface area (Å²) in [5.74, 6) is 0. The highest BCUT2D eigenvalue weighted by molar-refractivity contribution is 6.29. The number of halogens is 1. The van der Waals surface area contributed by atoms with E-state index in [1.54, 1.807) is 6.20 Å². The Morgan fingerprint density at radius 3 is 2.71 bits per heavy atom. The van der Waals surface area contributed by atoms with Crippen LogP contribution in [0.3, 0.4) is 0 Å². The molecule has 1 saturated heterocycles. The molecular weight excluding hydrogens is 232 g/mol. The number of piperidine rings is 1. The van der Waals surface area contributed by atoms with E-state index in [1.165, 1.54) is 37.9 Å². The van der Waals surface area contributed by atoms with Crippen molar-refractivity contribution in [3.63, 3.8) is 0 Å². The molecule has 94 valence electrons. The first-order valence-corrected chi connectivity index (χ1v) is 6.82. The van der Waals surface area contributed by atoms with E-state index in [-0.39, 0.29) is 0 Å². The molecule has 2 heterocycles. The Balaban J connectivity index is 1.90. The van der Waals surface area contributed by atoms with Crippen LogP contribution in [-0.2, 0) is 6.54 Å². The molecule has 1 aliphatic heterocycles. The minimum absolute atomic E-state index is 0.562. The van der Waals surface area contributed by atoms with Gasteiger partial charge in [-0.1, -0.05) is 31.9 Å². The van der Waals surface area contributed by atoms with Crippen LogP contribution >= 0.6 is 11.6 Å². The molecule has 1 aromatic heterocycles. The summed E-state index contributed by atoms with van der Waals surface area (Å²) < 4.78 is 0. The van der Waals surface area contributed by atoms with Crippen LogP contribution < -0.4 is 0 Å². The van der Waals surface area contributed by atoms with Gasteiger partial charge in [0.25, 0.3) is 0 Å². The van der Waals surface area contributed by atoms with E-state index < -0.39 is 0 Å². The second kappa shape index (κ2) is 5.36. The van der Waals surface area contributed by atoms with Crippen LogP contribution in [0.4, 0.5) is 0 Å². The summed E-state index contributed by atoms with van der Waals surface area (Å²) in [6, 6.07) is 4.02. The number of hydrogen-bond acceptors (Lipinski definition) is 2. The zero-order chi connectivity index (χ0) is 12.3. The van der Waals surface area contributed by atoms with Crippen LogP contribution in [0.5, 0.6) is 0 Å². The predicted octanol–water partition coefficient (Wildman–Crippen LogP) is 3.75. The number of likely N-dealkylation sites (tertiary alicyclic amines) is 1. The summed E-state index contributed by atoms with van der Waals surface area (Å²) in [4.78, 5) is 6.53. The molecule has 0 saturated carbocycles. The van der Waals surface area contributed by atoms with Gasteiger partial charge in [-0.15, -0.1) is 0 Å². The van der Waals surface area contributed by atoms with Crippen molar-refractivity contribution in [2.75, 3.05) is 13.1 Å². The highest BCUT2D eigenvalue weighted by atomic mass is 35.5. The zero-order valence-electron chi connectivity index (χ0n) is 10.7. The van der Waals surface area contributed by atoms with Crippen molar-refractivity contribution < 1.29 is 0 Å². The summed E-state index contributed by atoms with van der Waals surface area (Å²) in [5.41, 5.74) is 1.83. The normalized spacial score (nSPS) is 20.4. The van der Waals surface area contributed by atoms with E-state index in [9.17, 15) is 0 Å². The number of pyridine rings is 1. The van der Waals surface area contributed by atoms with Crippen LogP contribution in [0.15, 0.2) is 18.3 Å². The lowest BCUT2D eigenvalue weighted by Crippen LogP contribution is -2.37. The molecule has 0 amide bonds. The van der Waals surface area contributed by atoms with Gasteiger partial charge in [0.1, 0.15) is 5.15 Å². The van der Waals surface area contributed by atoms with E-state index in [2.05, 4.69) is 29.8 Å². The Labute approximate surface area is 109 Å². The largest absolute Gasteiger partial charge is 0.299 e. The Bertz CT molecular complexity index is 370. The molecule has 0 bridgehead atoms. The summed E-state index contributed by atoms with van der Waals surface area (Å²) >= 11 is 5.90. The van der Waals surface area contributed by atoms with Crippen LogP contribution in [0.1, 0.15) is 38.7 Å². The van der Waals surface area contributed by atoms with Gasteiger partial charge in [-0.3, -0.25) is 4.90 Å². The average Bonchev–Trinajstić information content (AvgIpc) is 2.33. The molecule has 1 fully saturated rings. The highest BCUT2D eigenvalue weighted by Crippen LogP contribution is 2.34. The van der Waals surface area contributed by atoms with Crippen molar-refractivity contribution in [2.24, 2.45) is 5.41 Å². The van der Waals surface area contributed by atoms with Gasteiger partial charge in [-0.2, -0.15) is 0 Å². The summed E-state index contributed by atoms with van der Waals surface area (Å²) in [6.07, 6.45) is 5.70. The smallest absolute Gasteiger partial charge is 0.129 e. The molecule has 1 aromatic rings. The maximum Gasteiger partial charge on any atom is 0.129 e. The standard InChI is InChI=1S/C14H21ClN2/c1-3-14(2)5-8-17(9-6-14)11-12-4-7-16-13(15)10-12/h4,7,10H,3,5-6,8-9,11H2,1-2H3. The summed E-state index contributed by atoms with van der Waals surface area (Å²) in [7, 11) is 0. The van der Waals surface area contributed by atoms with Crippen molar-refractivity contribution in [2.45, 2.75) is 39.7 Å². The number of rotatable bonds is 3. The second-order valence-corrected chi connectivity index (χ2v) is 5.81. The van der Waals surface area contributed by atoms with Crippen molar-refractivity contribution >= 4 is 11.6 Å². The predicted molar refractivity (Wildman–Crippen MR) is 72.2 cm³/mol. The molecule has 17 heavy (non-hydrogen) atoms. The SMILES string of the molecule is CCC1(C)CCN(Cc2ccnc(Cl)c2)CC1. The minimum atomic E-state index is 0.562. The Morgan fingerprint density at radius 1 is 1.41 bits per heavy atom. The van der Waals surface area contributed by atoms with Crippen LogP contribution in [0.2, 0.25) is 5.15 Å². The van der Waals surface area contributed by atoms with Gasteiger partial charge in [-0.25, -0.2) is 4.98 Å². The fourth-order valence-electron chi connectivity index (χ4n) is 2.40. The third kappa shape index (κ3) is 3.43. The average molecular weight is 253 g/mol. The number of hydrogen-bond donors (Lipinski definition) is 0. The molecule has 0 unspecified atom stereocenters. The lowest BCUT2D eigenvalue weighted by atomic mass is 9.78. The number of nitrogens with zero attached hydrogens (tertiary/aromatic N) is 2. The van der Waals surface area contributed by atoms with Crippen molar-refractivity contribution in [1.82, 2.24) is 9.88 Å². The van der Waals surface area contributed by atoms with Crippen LogP contribution in [0.25, 0.3) is 0 Å². The fourth-order valence-corrected chi connectivity index (χ4v) is 2.60. The highest BCUT2D eigenvalue weighted by Gasteiger charge is 2.27.